The summed E-state index contributed by atoms with van der Waals surface area (Å²) in [5.74, 6) is 2.72. The Labute approximate surface area is 247 Å². The predicted octanol–water partition coefficient (Wildman–Crippen LogP) is 5.28. The molecule has 0 aliphatic heterocycles. The largest absolute Gasteiger partial charge is 0.393 e. The number of hydrogen-bond acceptors (Lipinski definition) is 5. The summed E-state index contributed by atoms with van der Waals surface area (Å²) in [7, 11) is -3.79. The van der Waals surface area contributed by atoms with Crippen LogP contribution in [0.2, 0.25) is 0 Å². The highest BCUT2D eigenvalue weighted by atomic mass is 127. The van der Waals surface area contributed by atoms with E-state index in [1.807, 2.05) is 22.6 Å². The van der Waals surface area contributed by atoms with Gasteiger partial charge in [0.25, 0.3) is 0 Å². The third-order valence-electron chi connectivity index (χ3n) is 11.8. The van der Waals surface area contributed by atoms with Gasteiger partial charge >= 0.3 is 0 Å². The van der Waals surface area contributed by atoms with E-state index in [1.165, 1.54) is 12.5 Å². The third-order valence-corrected chi connectivity index (χ3v) is 14.0. The molecule has 1 aromatic carbocycles. The molecule has 4 aliphatic carbocycles. The summed E-state index contributed by atoms with van der Waals surface area (Å²) in [6.45, 7) is 7.20. The molecule has 0 bridgehead atoms. The molecule has 7 nitrogen and oxygen atoms in total. The summed E-state index contributed by atoms with van der Waals surface area (Å²) in [6.07, 6.45) is 9.06. The van der Waals surface area contributed by atoms with E-state index in [1.54, 1.807) is 12.1 Å². The van der Waals surface area contributed by atoms with Crippen LogP contribution in [0, 0.1) is 49.9 Å². The van der Waals surface area contributed by atoms with Crippen LogP contribution in [0.3, 0.4) is 0 Å². The Hall–Kier alpha value is -0.750. The number of primary sulfonamides is 1. The number of amides is 1. The minimum Gasteiger partial charge on any atom is -0.393 e. The van der Waals surface area contributed by atoms with Crippen molar-refractivity contribution >= 4 is 44.2 Å². The van der Waals surface area contributed by atoms with Crippen molar-refractivity contribution in [2.24, 2.45) is 51.5 Å². The summed E-state index contributed by atoms with van der Waals surface area (Å²) in [5.41, 5.74) is 0.995. The van der Waals surface area contributed by atoms with Crippen molar-refractivity contribution in [1.29, 1.82) is 0 Å². The van der Waals surface area contributed by atoms with Gasteiger partial charge in [0.15, 0.2) is 0 Å². The molecule has 0 aromatic heterocycles. The molecule has 0 heterocycles. The molecule has 4 aliphatic rings. The third kappa shape index (κ3) is 5.44. The highest BCUT2D eigenvalue weighted by Crippen LogP contribution is 2.68. The van der Waals surface area contributed by atoms with E-state index >= 15 is 0 Å². The number of anilines is 1. The van der Waals surface area contributed by atoms with E-state index in [0.29, 0.717) is 51.2 Å². The molecule has 0 spiro atoms. The van der Waals surface area contributed by atoms with Crippen molar-refractivity contribution in [1.82, 2.24) is 0 Å². The van der Waals surface area contributed by atoms with Crippen LogP contribution >= 0.6 is 22.6 Å². The molecule has 1 amide bonds. The van der Waals surface area contributed by atoms with Gasteiger partial charge < -0.3 is 15.5 Å². The molecule has 1 aromatic rings. The van der Waals surface area contributed by atoms with E-state index in [2.05, 4.69) is 26.1 Å². The molecule has 39 heavy (non-hydrogen) atoms. The van der Waals surface area contributed by atoms with Crippen LogP contribution in [0.25, 0.3) is 0 Å². The van der Waals surface area contributed by atoms with Crippen molar-refractivity contribution in [3.8, 4) is 0 Å². The molecule has 0 unspecified atom stereocenters. The van der Waals surface area contributed by atoms with E-state index in [-0.39, 0.29) is 33.8 Å². The number of benzene rings is 1. The lowest BCUT2D eigenvalue weighted by molar-refractivity contribution is -0.174. The molecular weight excluding hydrogens is 627 g/mol. The van der Waals surface area contributed by atoms with Gasteiger partial charge in [-0.05, 0) is 145 Å². The van der Waals surface area contributed by atoms with Crippen molar-refractivity contribution in [3.63, 3.8) is 0 Å². The minimum absolute atomic E-state index is 0.0575. The second kappa shape index (κ2) is 10.8. The zero-order valence-electron chi connectivity index (χ0n) is 23.4. The topological polar surface area (TPSA) is 130 Å². The van der Waals surface area contributed by atoms with Crippen LogP contribution < -0.4 is 10.5 Å². The predicted molar refractivity (Wildman–Crippen MR) is 160 cm³/mol. The fraction of sp³-hybridized carbons (Fsp3) is 0.767. The van der Waals surface area contributed by atoms with E-state index in [9.17, 15) is 23.4 Å². The first kappa shape index (κ1) is 29.7. The molecule has 5 rings (SSSR count). The zero-order chi connectivity index (χ0) is 28.3. The average Bonchev–Trinajstić information content (AvgIpc) is 3.20. The van der Waals surface area contributed by atoms with E-state index < -0.39 is 10.0 Å². The monoisotopic (exact) mass is 672 g/mol. The quantitative estimate of drug-likeness (QED) is 0.306. The summed E-state index contributed by atoms with van der Waals surface area (Å²) in [4.78, 5) is 12.9. The van der Waals surface area contributed by atoms with Gasteiger partial charge in [0.05, 0.1) is 17.1 Å². The van der Waals surface area contributed by atoms with Crippen LogP contribution in [0.4, 0.5) is 5.69 Å². The maximum absolute atomic E-state index is 12.8. The Morgan fingerprint density at radius 3 is 2.49 bits per heavy atom. The number of carbonyl (C=O) groups is 1. The summed E-state index contributed by atoms with van der Waals surface area (Å²) < 4.78 is 23.8. The smallest absolute Gasteiger partial charge is 0.239 e. The number of rotatable bonds is 6. The molecule has 4 saturated carbocycles. The standard InChI is InChI=1S/C30H45IN2O5S/c1-17(4-9-27(36)33-19-5-8-26(24(31)16-19)39(32,37)38)21-6-7-22-28-23(11-13-30(21,22)3)29(2)12-10-20(34)14-18(29)15-25(28)35/h5,8,16-18,20-23,25,28,34-35H,4,6-7,9-15H2,1-3H3,(H,33,36)(H2,32,37,38)/t17-,18+,20-,21-,22+,23+,25-,28+,29+,30-/m1/s1. The minimum atomic E-state index is -3.79. The van der Waals surface area contributed by atoms with Gasteiger partial charge in [-0.25, -0.2) is 13.6 Å². The van der Waals surface area contributed by atoms with Crippen LogP contribution in [-0.2, 0) is 14.8 Å². The highest BCUT2D eigenvalue weighted by molar-refractivity contribution is 14.1. The number of fused-ring (bicyclic) bond motifs is 5. The van der Waals surface area contributed by atoms with Crippen molar-refractivity contribution in [3.05, 3.63) is 21.8 Å². The van der Waals surface area contributed by atoms with Crippen molar-refractivity contribution < 1.29 is 23.4 Å². The average molecular weight is 673 g/mol. The van der Waals surface area contributed by atoms with E-state index in [4.69, 9.17) is 5.14 Å². The lowest BCUT2D eigenvalue weighted by Crippen LogP contribution is -2.58. The lowest BCUT2D eigenvalue weighted by Gasteiger charge is -2.62. The van der Waals surface area contributed by atoms with Gasteiger partial charge in [-0.15, -0.1) is 0 Å². The van der Waals surface area contributed by atoms with Gasteiger partial charge in [-0.3, -0.25) is 4.79 Å². The fourth-order valence-electron chi connectivity index (χ4n) is 9.77. The summed E-state index contributed by atoms with van der Waals surface area (Å²) in [5, 5.41) is 29.9. The Balaban J connectivity index is 1.22. The normalized spacial score (nSPS) is 40.7. The van der Waals surface area contributed by atoms with E-state index in [0.717, 1.165) is 51.4 Å². The Kier molecular flexibility index (Phi) is 8.25. The summed E-state index contributed by atoms with van der Waals surface area (Å²) in [6, 6.07) is 4.65. The highest BCUT2D eigenvalue weighted by Gasteiger charge is 2.62. The van der Waals surface area contributed by atoms with Gasteiger partial charge in [0.2, 0.25) is 15.9 Å². The van der Waals surface area contributed by atoms with Crippen molar-refractivity contribution in [2.75, 3.05) is 5.32 Å². The molecular formula is C30H45IN2O5S. The number of halogens is 1. The second-order valence-electron chi connectivity index (χ2n) is 13.7. The lowest BCUT2D eigenvalue weighted by atomic mass is 9.43. The van der Waals surface area contributed by atoms with Gasteiger partial charge in [-0.1, -0.05) is 20.8 Å². The number of carbonyl (C=O) groups excluding carboxylic acids is 1. The first-order chi connectivity index (χ1) is 18.2. The zero-order valence-corrected chi connectivity index (χ0v) is 26.4. The molecule has 218 valence electrons. The van der Waals surface area contributed by atoms with Gasteiger partial charge in [0.1, 0.15) is 0 Å². The SMILES string of the molecule is C[C@H](CCC(=O)Nc1ccc(S(N)(=O)=O)c(I)c1)[C@H]1CC[C@H]2[C@@H]3[C@H](O)C[C@@H]4C[C@H](O)CC[C@]4(C)[C@H]3CC[C@]12C. The Bertz CT molecular complexity index is 1210. The molecule has 9 heteroatoms. The molecule has 10 atom stereocenters. The number of aliphatic hydroxyl groups is 2. The number of nitrogens with two attached hydrogens (primary N) is 1. The van der Waals surface area contributed by atoms with Gasteiger partial charge in [-0.2, -0.15) is 0 Å². The van der Waals surface area contributed by atoms with Crippen molar-refractivity contribution in [2.45, 2.75) is 102 Å². The molecule has 0 saturated heterocycles. The second-order valence-corrected chi connectivity index (χ2v) is 16.4. The number of sulfonamides is 1. The molecule has 5 N–H and O–H groups in total. The molecule has 4 fully saturated rings. The van der Waals surface area contributed by atoms with Crippen LogP contribution in [0.5, 0.6) is 0 Å². The Morgan fingerprint density at radius 1 is 1.10 bits per heavy atom. The number of aliphatic hydroxyl groups excluding tert-OH is 2. The van der Waals surface area contributed by atoms with Crippen LogP contribution in [0.1, 0.15) is 85.0 Å². The number of hydrogen-bond donors (Lipinski definition) is 4. The first-order valence-electron chi connectivity index (χ1n) is 14.7. The summed E-state index contributed by atoms with van der Waals surface area (Å²) >= 11 is 1.92. The van der Waals surface area contributed by atoms with Gasteiger partial charge in [0, 0.05) is 15.7 Å². The first-order valence-corrected chi connectivity index (χ1v) is 17.3. The maximum atomic E-state index is 12.8. The van der Waals surface area contributed by atoms with Crippen LogP contribution in [-0.4, -0.2) is 36.7 Å². The fourth-order valence-corrected chi connectivity index (χ4v) is 11.8. The number of nitrogens with one attached hydrogen (secondary N) is 1. The maximum Gasteiger partial charge on any atom is 0.239 e. The Morgan fingerprint density at radius 2 is 1.79 bits per heavy atom. The molecule has 0 radical (unpaired) electrons. The van der Waals surface area contributed by atoms with Crippen LogP contribution in [0.15, 0.2) is 23.1 Å².